The van der Waals surface area contributed by atoms with Gasteiger partial charge in [0.1, 0.15) is 0 Å². The predicted octanol–water partition coefficient (Wildman–Crippen LogP) is 5.57. The van der Waals surface area contributed by atoms with E-state index in [1.165, 1.54) is 22.5 Å². The maximum atomic E-state index is 5.83. The first-order valence-corrected chi connectivity index (χ1v) is 10.5. The van der Waals surface area contributed by atoms with E-state index in [0.717, 1.165) is 16.5 Å². The summed E-state index contributed by atoms with van der Waals surface area (Å²) >= 11 is 5.83. The monoisotopic (exact) mass is 404 g/mol. The van der Waals surface area contributed by atoms with Crippen LogP contribution < -0.4 is 10.2 Å². The van der Waals surface area contributed by atoms with Crippen molar-refractivity contribution in [3.8, 4) is 0 Å². The van der Waals surface area contributed by atoms with Crippen LogP contribution in [-0.2, 0) is 0 Å². The quantitative estimate of drug-likeness (QED) is 0.577. The van der Waals surface area contributed by atoms with Gasteiger partial charge in [0, 0.05) is 29.3 Å². The second-order valence-electron chi connectivity index (χ2n) is 8.13. The third-order valence-electron chi connectivity index (χ3n) is 5.74. The Morgan fingerprint density at radius 2 is 1.83 bits per heavy atom. The van der Waals surface area contributed by atoms with Crippen molar-refractivity contribution in [3.05, 3.63) is 82.9 Å². The average Bonchev–Trinajstić information content (AvgIpc) is 3.18. The van der Waals surface area contributed by atoms with Gasteiger partial charge in [0.2, 0.25) is 0 Å². The van der Waals surface area contributed by atoms with Crippen molar-refractivity contribution in [1.29, 1.82) is 0 Å². The van der Waals surface area contributed by atoms with Gasteiger partial charge in [-0.3, -0.25) is 4.98 Å². The molecule has 1 fully saturated rings. The number of benzene rings is 1. The number of anilines is 1. The van der Waals surface area contributed by atoms with Gasteiger partial charge in [-0.1, -0.05) is 18.2 Å². The van der Waals surface area contributed by atoms with Crippen molar-refractivity contribution in [3.63, 3.8) is 0 Å². The summed E-state index contributed by atoms with van der Waals surface area (Å²) < 4.78 is 2.40. The molecule has 5 heteroatoms. The summed E-state index contributed by atoms with van der Waals surface area (Å²) in [4.78, 5) is 6.91. The van der Waals surface area contributed by atoms with Crippen LogP contribution in [0.5, 0.6) is 0 Å². The molecule has 0 bridgehead atoms. The minimum absolute atomic E-state index is 0.00896. The number of hydrogen-bond acceptors (Lipinski definition) is 2. The van der Waals surface area contributed by atoms with Crippen LogP contribution in [0.25, 0.3) is 0 Å². The molecule has 0 spiro atoms. The lowest BCUT2D eigenvalue weighted by Gasteiger charge is -2.28. The van der Waals surface area contributed by atoms with Crippen molar-refractivity contribution in [1.82, 2.24) is 14.9 Å². The van der Waals surface area contributed by atoms with Crippen molar-refractivity contribution < 1.29 is 0 Å². The van der Waals surface area contributed by atoms with E-state index >= 15 is 0 Å². The Bertz CT molecular complexity index is 1040. The molecule has 2 atom stereocenters. The topological polar surface area (TPSA) is 33.1 Å². The van der Waals surface area contributed by atoms with E-state index in [9.17, 15) is 0 Å². The first-order chi connectivity index (χ1) is 13.9. The Labute approximate surface area is 178 Å². The lowest BCUT2D eigenvalue weighted by Crippen LogP contribution is -2.29. The molecule has 29 heavy (non-hydrogen) atoms. The van der Waals surface area contributed by atoms with Crippen LogP contribution in [0.1, 0.15) is 60.2 Å². The first-order valence-electron chi connectivity index (χ1n) is 10.1. The lowest BCUT2D eigenvalue weighted by atomic mass is 9.96. The van der Waals surface area contributed by atoms with E-state index in [1.54, 1.807) is 0 Å². The Kier molecular flexibility index (Phi) is 5.17. The molecule has 1 aliphatic rings. The Balaban J connectivity index is 1.90. The van der Waals surface area contributed by atoms with E-state index in [-0.39, 0.29) is 12.1 Å². The van der Waals surface area contributed by atoms with Gasteiger partial charge in [0.25, 0.3) is 0 Å². The van der Waals surface area contributed by atoms with E-state index in [4.69, 9.17) is 12.2 Å². The molecule has 4 rings (SSSR count). The van der Waals surface area contributed by atoms with Gasteiger partial charge in [-0.05, 0) is 88.3 Å². The minimum Gasteiger partial charge on any atom is -0.351 e. The van der Waals surface area contributed by atoms with Gasteiger partial charge in [-0.25, -0.2) is 0 Å². The summed E-state index contributed by atoms with van der Waals surface area (Å²) in [5.74, 6) is 0. The van der Waals surface area contributed by atoms with Crippen molar-refractivity contribution in [2.45, 2.75) is 52.7 Å². The molecule has 150 valence electrons. The fourth-order valence-electron chi connectivity index (χ4n) is 4.62. The first kappa shape index (κ1) is 19.6. The smallest absolute Gasteiger partial charge is 0.174 e. The third-order valence-corrected chi connectivity index (χ3v) is 6.05. The van der Waals surface area contributed by atoms with Gasteiger partial charge in [0.15, 0.2) is 5.11 Å². The average molecular weight is 405 g/mol. The molecular weight excluding hydrogens is 376 g/mol. The summed E-state index contributed by atoms with van der Waals surface area (Å²) in [6, 6.07) is 17.4. The number of thiocarbonyl (C=S) groups is 1. The highest BCUT2D eigenvalue weighted by Crippen LogP contribution is 2.43. The lowest BCUT2D eigenvalue weighted by molar-refractivity contribution is 0.547. The summed E-state index contributed by atoms with van der Waals surface area (Å²) in [5, 5.41) is 4.30. The van der Waals surface area contributed by atoms with Crippen molar-refractivity contribution in [2.24, 2.45) is 0 Å². The number of nitrogens with one attached hydrogen (secondary N) is 1. The van der Waals surface area contributed by atoms with Gasteiger partial charge >= 0.3 is 0 Å². The standard InChI is InChI=1S/C24H28N4S/c1-15(2)27-17(4)14-20(18(27)5)23-22(21-11-6-7-12-25-21)26-24(29)28(23)19-10-8-9-16(3)13-19/h6-15,22-23H,1-5H3,(H,26,29)/t22-,23+/m0/s1. The molecule has 0 aliphatic carbocycles. The number of rotatable bonds is 4. The second-order valence-corrected chi connectivity index (χ2v) is 8.51. The zero-order valence-corrected chi connectivity index (χ0v) is 18.5. The molecule has 0 radical (unpaired) electrons. The molecule has 1 aliphatic heterocycles. The van der Waals surface area contributed by atoms with Crippen LogP contribution in [0.3, 0.4) is 0 Å². The minimum atomic E-state index is -0.00896. The number of pyridine rings is 1. The summed E-state index contributed by atoms with van der Waals surface area (Å²) in [5.41, 5.74) is 7.19. The van der Waals surface area contributed by atoms with Gasteiger partial charge in [-0.2, -0.15) is 0 Å². The molecule has 1 aromatic carbocycles. The highest BCUT2D eigenvalue weighted by atomic mass is 32.1. The molecule has 0 amide bonds. The molecule has 3 heterocycles. The number of aromatic nitrogens is 2. The number of hydrogen-bond donors (Lipinski definition) is 1. The Morgan fingerprint density at radius 3 is 2.45 bits per heavy atom. The van der Waals surface area contributed by atoms with Crippen LogP contribution in [0.4, 0.5) is 5.69 Å². The molecule has 1 N–H and O–H groups in total. The van der Waals surface area contributed by atoms with Gasteiger partial charge in [-0.15, -0.1) is 0 Å². The third kappa shape index (κ3) is 3.44. The zero-order chi connectivity index (χ0) is 20.7. The molecule has 4 nitrogen and oxygen atoms in total. The molecular formula is C24H28N4S. The summed E-state index contributed by atoms with van der Waals surface area (Å²) in [7, 11) is 0. The Morgan fingerprint density at radius 1 is 1.03 bits per heavy atom. The fraction of sp³-hybridized carbons (Fsp3) is 0.333. The number of nitrogens with zero attached hydrogens (tertiary/aromatic N) is 3. The fourth-order valence-corrected chi connectivity index (χ4v) is 4.97. The maximum absolute atomic E-state index is 5.83. The molecule has 1 saturated heterocycles. The summed E-state index contributed by atoms with van der Waals surface area (Å²) in [6.45, 7) is 11.0. The van der Waals surface area contributed by atoms with E-state index < -0.39 is 0 Å². The van der Waals surface area contributed by atoms with E-state index in [2.05, 4.69) is 90.8 Å². The van der Waals surface area contributed by atoms with Gasteiger partial charge < -0.3 is 14.8 Å². The predicted molar refractivity (Wildman–Crippen MR) is 123 cm³/mol. The largest absolute Gasteiger partial charge is 0.351 e. The SMILES string of the molecule is Cc1cccc(N2C(=S)N[C@@H](c3ccccn3)[C@H]2c2cc(C)n(C(C)C)c2C)c1. The molecule has 0 unspecified atom stereocenters. The van der Waals surface area contributed by atoms with Gasteiger partial charge in [0.05, 0.1) is 17.8 Å². The van der Waals surface area contributed by atoms with Crippen LogP contribution >= 0.6 is 12.2 Å². The van der Waals surface area contributed by atoms with Crippen LogP contribution in [0.2, 0.25) is 0 Å². The van der Waals surface area contributed by atoms with Crippen molar-refractivity contribution in [2.75, 3.05) is 4.90 Å². The second kappa shape index (κ2) is 7.64. The van der Waals surface area contributed by atoms with E-state index in [0.29, 0.717) is 6.04 Å². The maximum Gasteiger partial charge on any atom is 0.174 e. The van der Waals surface area contributed by atoms with Crippen molar-refractivity contribution >= 4 is 23.0 Å². The molecule has 2 aromatic heterocycles. The highest BCUT2D eigenvalue weighted by Gasteiger charge is 2.42. The van der Waals surface area contributed by atoms with Crippen LogP contribution in [0, 0.1) is 20.8 Å². The normalized spacial score (nSPS) is 19.1. The van der Waals surface area contributed by atoms with E-state index in [1.807, 2.05) is 18.3 Å². The molecule has 0 saturated carbocycles. The number of aryl methyl sites for hydroxylation is 2. The Hall–Kier alpha value is -2.66. The van der Waals surface area contributed by atoms with Crippen LogP contribution in [-0.4, -0.2) is 14.7 Å². The zero-order valence-electron chi connectivity index (χ0n) is 17.7. The highest BCUT2D eigenvalue weighted by molar-refractivity contribution is 7.80. The molecule has 3 aromatic rings. The summed E-state index contributed by atoms with van der Waals surface area (Å²) in [6.07, 6.45) is 1.85. The van der Waals surface area contributed by atoms with Crippen LogP contribution in [0.15, 0.2) is 54.7 Å².